The zero-order valence-electron chi connectivity index (χ0n) is 12.5. The Labute approximate surface area is 133 Å². The summed E-state index contributed by atoms with van der Waals surface area (Å²) in [5.74, 6) is -1.62. The molecule has 2 unspecified atom stereocenters. The topological polar surface area (TPSA) is 40.5 Å². The summed E-state index contributed by atoms with van der Waals surface area (Å²) in [6.07, 6.45) is 1.33. The average Bonchev–Trinajstić information content (AvgIpc) is 2.99. The Balaban J connectivity index is 2.06. The first kappa shape index (κ1) is 15.6. The van der Waals surface area contributed by atoms with Crippen molar-refractivity contribution in [3.8, 4) is 0 Å². The van der Waals surface area contributed by atoms with E-state index in [0.29, 0.717) is 18.5 Å². The molecular formula is C18H17F2NO2. The van der Waals surface area contributed by atoms with Crippen LogP contribution in [0.3, 0.4) is 0 Å². The maximum atomic E-state index is 13.7. The molecule has 3 rings (SSSR count). The van der Waals surface area contributed by atoms with E-state index < -0.39 is 18.1 Å². The van der Waals surface area contributed by atoms with Crippen molar-refractivity contribution in [1.82, 2.24) is 4.90 Å². The molecule has 5 heteroatoms. The molecule has 1 fully saturated rings. The molecule has 0 spiro atoms. The third kappa shape index (κ3) is 3.24. The molecule has 0 radical (unpaired) electrons. The van der Waals surface area contributed by atoms with Crippen molar-refractivity contribution in [3.63, 3.8) is 0 Å². The van der Waals surface area contributed by atoms with Crippen LogP contribution in [0.15, 0.2) is 48.5 Å². The van der Waals surface area contributed by atoms with Gasteiger partial charge in [-0.1, -0.05) is 24.3 Å². The van der Waals surface area contributed by atoms with E-state index in [1.165, 1.54) is 24.3 Å². The number of carboxylic acids is 1. The van der Waals surface area contributed by atoms with Crippen molar-refractivity contribution >= 4 is 5.97 Å². The van der Waals surface area contributed by atoms with E-state index in [4.69, 9.17) is 0 Å². The second-order valence-corrected chi connectivity index (χ2v) is 5.74. The van der Waals surface area contributed by atoms with Crippen molar-refractivity contribution in [2.45, 2.75) is 24.9 Å². The molecule has 2 aromatic rings. The smallest absolute Gasteiger partial charge is 0.320 e. The second-order valence-electron chi connectivity index (χ2n) is 5.74. The Kier molecular flexibility index (Phi) is 4.39. The maximum absolute atomic E-state index is 13.7. The van der Waals surface area contributed by atoms with Crippen LogP contribution in [0.1, 0.15) is 30.0 Å². The van der Waals surface area contributed by atoms with Gasteiger partial charge in [0, 0.05) is 6.54 Å². The molecule has 1 heterocycles. The van der Waals surface area contributed by atoms with Gasteiger partial charge in [0.25, 0.3) is 0 Å². The van der Waals surface area contributed by atoms with Gasteiger partial charge in [0.15, 0.2) is 0 Å². The van der Waals surface area contributed by atoms with Gasteiger partial charge in [-0.3, -0.25) is 9.69 Å². The minimum atomic E-state index is -0.883. The van der Waals surface area contributed by atoms with Gasteiger partial charge in [-0.25, -0.2) is 8.78 Å². The third-order valence-corrected chi connectivity index (χ3v) is 4.26. The molecule has 0 aliphatic carbocycles. The van der Waals surface area contributed by atoms with Crippen molar-refractivity contribution in [3.05, 3.63) is 71.3 Å². The van der Waals surface area contributed by atoms with Gasteiger partial charge in [0.05, 0.1) is 6.04 Å². The van der Waals surface area contributed by atoms with E-state index in [0.717, 1.165) is 12.0 Å². The summed E-state index contributed by atoms with van der Waals surface area (Å²) in [6.45, 7) is 0.607. The largest absolute Gasteiger partial charge is 0.480 e. The quantitative estimate of drug-likeness (QED) is 0.936. The first-order valence-corrected chi connectivity index (χ1v) is 7.56. The average molecular weight is 317 g/mol. The second kappa shape index (κ2) is 6.46. The van der Waals surface area contributed by atoms with Crippen LogP contribution in [0.5, 0.6) is 0 Å². The van der Waals surface area contributed by atoms with Gasteiger partial charge in [-0.2, -0.15) is 0 Å². The molecule has 0 amide bonds. The lowest BCUT2D eigenvalue weighted by Crippen LogP contribution is -2.39. The van der Waals surface area contributed by atoms with Gasteiger partial charge in [0.1, 0.15) is 17.7 Å². The van der Waals surface area contributed by atoms with Crippen molar-refractivity contribution in [2.24, 2.45) is 0 Å². The van der Waals surface area contributed by atoms with Crippen LogP contribution in [0, 0.1) is 11.6 Å². The summed E-state index contributed by atoms with van der Waals surface area (Å²) < 4.78 is 26.9. The fraction of sp³-hybridized carbons (Fsp3) is 0.278. The van der Waals surface area contributed by atoms with Gasteiger partial charge in [-0.15, -0.1) is 0 Å². The monoisotopic (exact) mass is 317 g/mol. The minimum Gasteiger partial charge on any atom is -0.480 e. The number of hydrogen-bond acceptors (Lipinski definition) is 2. The van der Waals surface area contributed by atoms with Gasteiger partial charge < -0.3 is 5.11 Å². The minimum absolute atomic E-state index is 0.358. The summed E-state index contributed by atoms with van der Waals surface area (Å²) in [6, 6.07) is 11.0. The fourth-order valence-electron chi connectivity index (χ4n) is 3.26. The number of benzene rings is 2. The number of halogens is 2. The Morgan fingerprint density at radius 2 is 1.83 bits per heavy atom. The van der Waals surface area contributed by atoms with E-state index in [1.807, 2.05) is 4.90 Å². The third-order valence-electron chi connectivity index (χ3n) is 4.26. The van der Waals surface area contributed by atoms with E-state index in [9.17, 15) is 18.7 Å². The number of likely N-dealkylation sites (tertiary alicyclic amines) is 1. The molecule has 23 heavy (non-hydrogen) atoms. The lowest BCUT2D eigenvalue weighted by atomic mass is 9.96. The molecule has 0 saturated carbocycles. The van der Waals surface area contributed by atoms with Crippen LogP contribution >= 0.6 is 0 Å². The summed E-state index contributed by atoms with van der Waals surface area (Å²) in [5.41, 5.74) is 1.43. The summed E-state index contributed by atoms with van der Waals surface area (Å²) >= 11 is 0. The van der Waals surface area contributed by atoms with Crippen molar-refractivity contribution in [1.29, 1.82) is 0 Å². The Morgan fingerprint density at radius 3 is 2.48 bits per heavy atom. The molecule has 1 aliphatic heterocycles. The van der Waals surface area contributed by atoms with Crippen LogP contribution in [0.2, 0.25) is 0 Å². The highest BCUT2D eigenvalue weighted by molar-refractivity contribution is 5.74. The molecule has 2 atom stereocenters. The van der Waals surface area contributed by atoms with E-state index in [1.54, 1.807) is 24.3 Å². The highest BCUT2D eigenvalue weighted by Gasteiger charge is 2.36. The number of nitrogens with zero attached hydrogens (tertiary/aromatic N) is 1. The number of aliphatic carboxylic acids is 1. The number of rotatable bonds is 4. The lowest BCUT2D eigenvalue weighted by molar-refractivity contribution is -0.142. The normalized spacial score (nSPS) is 19.7. The predicted molar refractivity (Wildman–Crippen MR) is 82.0 cm³/mol. The molecule has 1 saturated heterocycles. The van der Waals surface area contributed by atoms with Crippen molar-refractivity contribution < 1.29 is 18.7 Å². The highest BCUT2D eigenvalue weighted by Crippen LogP contribution is 2.35. The zero-order chi connectivity index (χ0) is 16.4. The van der Waals surface area contributed by atoms with Crippen LogP contribution in [0.4, 0.5) is 8.78 Å². The molecule has 3 nitrogen and oxygen atoms in total. The van der Waals surface area contributed by atoms with Crippen LogP contribution in [0.25, 0.3) is 0 Å². The summed E-state index contributed by atoms with van der Waals surface area (Å²) in [5, 5.41) is 9.45. The van der Waals surface area contributed by atoms with Crippen LogP contribution in [-0.4, -0.2) is 28.6 Å². The molecule has 0 bridgehead atoms. The lowest BCUT2D eigenvalue weighted by Gasteiger charge is -2.32. The summed E-state index contributed by atoms with van der Waals surface area (Å²) in [4.78, 5) is 13.4. The highest BCUT2D eigenvalue weighted by atomic mass is 19.1. The zero-order valence-corrected chi connectivity index (χ0v) is 12.5. The van der Waals surface area contributed by atoms with E-state index in [-0.39, 0.29) is 11.6 Å². The first-order valence-electron chi connectivity index (χ1n) is 7.56. The van der Waals surface area contributed by atoms with Crippen LogP contribution < -0.4 is 0 Å². The standard InChI is InChI=1S/C18H17F2NO2/c19-14-8-6-12(7-9-14)17(13-3-1-4-15(20)11-13)21-10-2-5-16(21)18(22)23/h1,3-4,6-9,11,16-17H,2,5,10H2,(H,22,23). The van der Waals surface area contributed by atoms with E-state index in [2.05, 4.69) is 0 Å². The van der Waals surface area contributed by atoms with Gasteiger partial charge in [-0.05, 0) is 48.2 Å². The van der Waals surface area contributed by atoms with E-state index >= 15 is 0 Å². The number of carboxylic acid groups (broad SMARTS) is 1. The maximum Gasteiger partial charge on any atom is 0.320 e. The number of carbonyl (C=O) groups is 1. The SMILES string of the molecule is O=C(O)C1CCCN1C(c1ccc(F)cc1)c1cccc(F)c1. The van der Waals surface area contributed by atoms with Gasteiger partial charge in [0.2, 0.25) is 0 Å². The van der Waals surface area contributed by atoms with Gasteiger partial charge >= 0.3 is 5.97 Å². The molecule has 120 valence electrons. The summed E-state index contributed by atoms with van der Waals surface area (Å²) in [7, 11) is 0. The Morgan fingerprint density at radius 1 is 1.09 bits per heavy atom. The first-order chi connectivity index (χ1) is 11.1. The molecule has 0 aromatic heterocycles. The Bertz CT molecular complexity index is 702. The predicted octanol–water partition coefficient (Wildman–Crippen LogP) is 3.60. The molecular weight excluding hydrogens is 300 g/mol. The number of hydrogen-bond donors (Lipinski definition) is 1. The van der Waals surface area contributed by atoms with Crippen LogP contribution in [-0.2, 0) is 4.79 Å². The Hall–Kier alpha value is -2.27. The fourth-order valence-corrected chi connectivity index (χ4v) is 3.26. The van der Waals surface area contributed by atoms with Crippen molar-refractivity contribution in [2.75, 3.05) is 6.54 Å². The molecule has 1 N–H and O–H groups in total. The molecule has 1 aliphatic rings. The molecule has 2 aromatic carbocycles.